The lowest BCUT2D eigenvalue weighted by molar-refractivity contribution is -0.142. The van der Waals surface area contributed by atoms with E-state index >= 15 is 0 Å². The lowest BCUT2D eigenvalue weighted by Crippen LogP contribution is -2.42. The zero-order chi connectivity index (χ0) is 14.4. The number of carbonyl (C=O) groups is 2. The van der Waals surface area contributed by atoms with Crippen molar-refractivity contribution in [3.05, 3.63) is 29.8 Å². The molecule has 0 heterocycles. The minimum atomic E-state index is -1.16. The van der Waals surface area contributed by atoms with Crippen molar-refractivity contribution in [2.75, 3.05) is 6.61 Å². The van der Waals surface area contributed by atoms with Gasteiger partial charge in [0.2, 0.25) is 0 Å². The van der Waals surface area contributed by atoms with Gasteiger partial charge in [-0.05, 0) is 6.42 Å². The number of rotatable bonds is 6. The smallest absolute Gasteiger partial charge is 0.326 e. The molecule has 0 aromatic heterocycles. The van der Waals surface area contributed by atoms with Gasteiger partial charge < -0.3 is 15.2 Å². The Morgan fingerprint density at radius 3 is 2.37 bits per heavy atom. The van der Waals surface area contributed by atoms with E-state index in [0.29, 0.717) is 6.07 Å². The second-order valence-corrected chi connectivity index (χ2v) is 3.76. The average Bonchev–Trinajstić information content (AvgIpc) is 2.32. The Hall–Kier alpha value is -2.18. The van der Waals surface area contributed by atoms with Crippen molar-refractivity contribution < 1.29 is 28.2 Å². The number of halogens is 2. The van der Waals surface area contributed by atoms with E-state index < -0.39 is 36.2 Å². The van der Waals surface area contributed by atoms with Crippen LogP contribution < -0.4 is 10.1 Å². The van der Waals surface area contributed by atoms with Gasteiger partial charge in [0.1, 0.15) is 23.4 Å². The molecule has 5 nitrogen and oxygen atoms in total. The number of hydrogen-bond donors (Lipinski definition) is 2. The number of carbonyl (C=O) groups excluding carboxylic acids is 1. The Morgan fingerprint density at radius 1 is 1.32 bits per heavy atom. The molecule has 0 bridgehead atoms. The standard InChI is InChI=1S/C12H13F2NO4/c1-2-10(12(17)18)15-11(16)6-19-9-4-7(13)3-8(14)5-9/h3-5,10H,2,6H2,1H3,(H,15,16)(H,17,18). The van der Waals surface area contributed by atoms with E-state index in [9.17, 15) is 18.4 Å². The van der Waals surface area contributed by atoms with Crippen molar-refractivity contribution in [1.29, 1.82) is 0 Å². The lowest BCUT2D eigenvalue weighted by atomic mass is 10.2. The van der Waals surface area contributed by atoms with E-state index in [-0.39, 0.29) is 12.2 Å². The summed E-state index contributed by atoms with van der Waals surface area (Å²) in [5.74, 6) is -3.64. The lowest BCUT2D eigenvalue weighted by Gasteiger charge is -2.12. The third kappa shape index (κ3) is 4.90. The van der Waals surface area contributed by atoms with Crippen LogP contribution in [0.5, 0.6) is 5.75 Å². The molecule has 1 aromatic carbocycles. The SMILES string of the molecule is CCC(NC(=O)COc1cc(F)cc(F)c1)C(=O)O. The van der Waals surface area contributed by atoms with Gasteiger partial charge in [-0.3, -0.25) is 4.79 Å². The molecule has 0 aliphatic rings. The van der Waals surface area contributed by atoms with Crippen LogP contribution in [-0.4, -0.2) is 29.6 Å². The van der Waals surface area contributed by atoms with E-state index in [0.717, 1.165) is 12.1 Å². The topological polar surface area (TPSA) is 75.6 Å². The van der Waals surface area contributed by atoms with Crippen molar-refractivity contribution in [2.45, 2.75) is 19.4 Å². The number of amides is 1. The highest BCUT2D eigenvalue weighted by atomic mass is 19.1. The normalized spacial score (nSPS) is 11.7. The molecule has 1 atom stereocenters. The van der Waals surface area contributed by atoms with Crippen LogP contribution in [0.1, 0.15) is 13.3 Å². The van der Waals surface area contributed by atoms with Crippen LogP contribution in [0, 0.1) is 11.6 Å². The van der Waals surface area contributed by atoms with E-state index in [1.807, 2.05) is 0 Å². The Morgan fingerprint density at radius 2 is 1.89 bits per heavy atom. The molecule has 1 amide bonds. The molecule has 1 aromatic rings. The number of aliphatic carboxylic acids is 1. The zero-order valence-electron chi connectivity index (χ0n) is 10.2. The first-order valence-electron chi connectivity index (χ1n) is 5.53. The summed E-state index contributed by atoms with van der Waals surface area (Å²) >= 11 is 0. The van der Waals surface area contributed by atoms with Crippen LogP contribution in [0.15, 0.2) is 18.2 Å². The minimum Gasteiger partial charge on any atom is -0.484 e. The monoisotopic (exact) mass is 273 g/mol. The molecular weight excluding hydrogens is 260 g/mol. The number of hydrogen-bond acceptors (Lipinski definition) is 3. The van der Waals surface area contributed by atoms with Gasteiger partial charge in [-0.2, -0.15) is 0 Å². The fourth-order valence-corrected chi connectivity index (χ4v) is 1.34. The fraction of sp³-hybridized carbons (Fsp3) is 0.333. The summed E-state index contributed by atoms with van der Waals surface area (Å²) < 4.78 is 30.5. The predicted octanol–water partition coefficient (Wildman–Crippen LogP) is 1.32. The highest BCUT2D eigenvalue weighted by Gasteiger charge is 2.17. The van der Waals surface area contributed by atoms with Gasteiger partial charge in [-0.25, -0.2) is 13.6 Å². The molecule has 1 unspecified atom stereocenters. The minimum absolute atomic E-state index is 0.143. The Labute approximate surface area is 108 Å². The summed E-state index contributed by atoms with van der Waals surface area (Å²) in [7, 11) is 0. The number of ether oxygens (including phenoxy) is 1. The predicted molar refractivity (Wildman–Crippen MR) is 61.7 cm³/mol. The number of nitrogens with one attached hydrogen (secondary N) is 1. The molecule has 2 N–H and O–H groups in total. The highest BCUT2D eigenvalue weighted by molar-refractivity contribution is 5.84. The third-order valence-electron chi connectivity index (χ3n) is 2.25. The van der Waals surface area contributed by atoms with Gasteiger partial charge in [-0.1, -0.05) is 6.92 Å². The van der Waals surface area contributed by atoms with Gasteiger partial charge in [-0.15, -0.1) is 0 Å². The molecule has 0 spiro atoms. The third-order valence-corrected chi connectivity index (χ3v) is 2.25. The van der Waals surface area contributed by atoms with Crippen LogP contribution in [0.25, 0.3) is 0 Å². The van der Waals surface area contributed by atoms with E-state index in [2.05, 4.69) is 5.32 Å². The molecule has 0 aliphatic carbocycles. The van der Waals surface area contributed by atoms with Crippen LogP contribution >= 0.6 is 0 Å². The first-order chi connectivity index (χ1) is 8.92. The maximum atomic E-state index is 12.8. The maximum Gasteiger partial charge on any atom is 0.326 e. The van der Waals surface area contributed by atoms with Gasteiger partial charge in [0.05, 0.1) is 0 Å². The quantitative estimate of drug-likeness (QED) is 0.819. The Kier molecular flexibility index (Phi) is 5.23. The molecular formula is C12H13F2NO4. The fourth-order valence-electron chi connectivity index (χ4n) is 1.34. The van der Waals surface area contributed by atoms with Crippen LogP contribution in [0.4, 0.5) is 8.78 Å². The van der Waals surface area contributed by atoms with E-state index in [1.165, 1.54) is 0 Å². The summed E-state index contributed by atoms with van der Waals surface area (Å²) in [6, 6.07) is 1.50. The zero-order valence-corrected chi connectivity index (χ0v) is 10.2. The second kappa shape index (κ2) is 6.67. The number of carboxylic acids is 1. The van der Waals surface area contributed by atoms with Crippen molar-refractivity contribution in [3.8, 4) is 5.75 Å². The summed E-state index contributed by atoms with van der Waals surface area (Å²) in [6.07, 6.45) is 0.218. The summed E-state index contributed by atoms with van der Waals surface area (Å²) in [4.78, 5) is 22.0. The Balaban J connectivity index is 2.52. The molecule has 7 heteroatoms. The van der Waals surface area contributed by atoms with Gasteiger partial charge >= 0.3 is 5.97 Å². The van der Waals surface area contributed by atoms with Crippen molar-refractivity contribution in [1.82, 2.24) is 5.32 Å². The van der Waals surface area contributed by atoms with Gasteiger partial charge in [0.25, 0.3) is 5.91 Å². The van der Waals surface area contributed by atoms with Crippen molar-refractivity contribution in [3.63, 3.8) is 0 Å². The Bertz CT molecular complexity index is 459. The van der Waals surface area contributed by atoms with Crippen LogP contribution in [-0.2, 0) is 9.59 Å². The molecule has 0 saturated heterocycles. The largest absolute Gasteiger partial charge is 0.484 e. The van der Waals surface area contributed by atoms with E-state index in [1.54, 1.807) is 6.92 Å². The average molecular weight is 273 g/mol. The summed E-state index contributed by atoms with van der Waals surface area (Å²) in [6.45, 7) is 1.08. The molecule has 104 valence electrons. The molecule has 19 heavy (non-hydrogen) atoms. The molecule has 0 fully saturated rings. The van der Waals surface area contributed by atoms with Gasteiger partial charge in [0, 0.05) is 18.2 Å². The van der Waals surface area contributed by atoms with E-state index in [4.69, 9.17) is 9.84 Å². The first kappa shape index (κ1) is 14.9. The maximum absolute atomic E-state index is 12.8. The first-order valence-corrected chi connectivity index (χ1v) is 5.53. The summed E-state index contributed by atoms with van der Waals surface area (Å²) in [5, 5.41) is 10.9. The van der Waals surface area contributed by atoms with Crippen LogP contribution in [0.3, 0.4) is 0 Å². The number of carboxylic acid groups (broad SMARTS) is 1. The van der Waals surface area contributed by atoms with Crippen molar-refractivity contribution >= 4 is 11.9 Å². The van der Waals surface area contributed by atoms with Crippen molar-refractivity contribution in [2.24, 2.45) is 0 Å². The molecule has 0 radical (unpaired) electrons. The van der Waals surface area contributed by atoms with Gasteiger partial charge in [0.15, 0.2) is 6.61 Å². The second-order valence-electron chi connectivity index (χ2n) is 3.76. The highest BCUT2D eigenvalue weighted by Crippen LogP contribution is 2.15. The molecule has 1 rings (SSSR count). The van der Waals surface area contributed by atoms with Crippen LogP contribution in [0.2, 0.25) is 0 Å². The number of benzene rings is 1. The molecule has 0 aliphatic heterocycles. The molecule has 0 saturated carbocycles. The summed E-state index contributed by atoms with van der Waals surface area (Å²) in [5.41, 5.74) is 0.